The van der Waals surface area contributed by atoms with Crippen LogP contribution >= 0.6 is 23.1 Å². The molecule has 0 aliphatic heterocycles. The molecule has 0 fully saturated rings. The number of para-hydroxylation sites is 2. The van der Waals surface area contributed by atoms with E-state index in [0.717, 1.165) is 27.1 Å². The molecule has 0 unspecified atom stereocenters. The van der Waals surface area contributed by atoms with Gasteiger partial charge in [0.2, 0.25) is 5.91 Å². The second-order valence-electron chi connectivity index (χ2n) is 6.79. The van der Waals surface area contributed by atoms with E-state index >= 15 is 0 Å². The van der Waals surface area contributed by atoms with Gasteiger partial charge in [0, 0.05) is 7.05 Å². The monoisotopic (exact) mass is 439 g/mol. The molecule has 0 saturated heterocycles. The van der Waals surface area contributed by atoms with E-state index in [4.69, 9.17) is 4.74 Å². The first-order valence-electron chi connectivity index (χ1n) is 9.37. The normalized spacial score (nSPS) is 11.0. The van der Waals surface area contributed by atoms with Gasteiger partial charge in [0.25, 0.3) is 0 Å². The number of ether oxygens (including phenoxy) is 1. The first-order chi connectivity index (χ1) is 14.5. The Bertz CT molecular complexity index is 1150. The third kappa shape index (κ3) is 4.47. The molecular formula is C21H21N5O2S2. The summed E-state index contributed by atoms with van der Waals surface area (Å²) in [5.41, 5.74) is 3.05. The summed E-state index contributed by atoms with van der Waals surface area (Å²) < 4.78 is 8.86. The number of fused-ring (bicyclic) bond motifs is 1. The second kappa shape index (κ2) is 8.85. The molecule has 154 valence electrons. The van der Waals surface area contributed by atoms with Gasteiger partial charge in [-0.3, -0.25) is 4.79 Å². The third-order valence-corrected chi connectivity index (χ3v) is 6.52. The molecule has 0 bridgehead atoms. The molecule has 1 amide bonds. The Labute approximate surface area is 182 Å². The van der Waals surface area contributed by atoms with Crippen LogP contribution in [0.1, 0.15) is 17.0 Å². The van der Waals surface area contributed by atoms with E-state index < -0.39 is 0 Å². The zero-order valence-electron chi connectivity index (χ0n) is 16.9. The number of hydrogen-bond acceptors (Lipinski definition) is 7. The van der Waals surface area contributed by atoms with E-state index in [2.05, 4.69) is 20.5 Å². The van der Waals surface area contributed by atoms with Crippen molar-refractivity contribution in [3.05, 3.63) is 59.4 Å². The van der Waals surface area contributed by atoms with E-state index in [0.29, 0.717) is 22.7 Å². The lowest BCUT2D eigenvalue weighted by atomic mass is 10.1. The Hall–Kier alpha value is -2.91. The molecule has 0 aliphatic rings. The van der Waals surface area contributed by atoms with Gasteiger partial charge in [-0.25, -0.2) is 4.98 Å². The molecule has 0 radical (unpaired) electrons. The predicted molar refractivity (Wildman–Crippen MR) is 120 cm³/mol. The number of thiazole rings is 1. The maximum absolute atomic E-state index is 12.3. The van der Waals surface area contributed by atoms with E-state index in [-0.39, 0.29) is 11.7 Å². The van der Waals surface area contributed by atoms with Crippen LogP contribution in [0.3, 0.4) is 0 Å². The molecule has 0 spiro atoms. The van der Waals surface area contributed by atoms with E-state index in [1.807, 2.05) is 67.9 Å². The van der Waals surface area contributed by atoms with Crippen LogP contribution in [0.25, 0.3) is 10.2 Å². The molecule has 4 aromatic rings. The first-order valence-corrected chi connectivity index (χ1v) is 11.2. The number of aromatic nitrogens is 4. The summed E-state index contributed by atoms with van der Waals surface area (Å²) in [6.07, 6.45) is 0. The van der Waals surface area contributed by atoms with Crippen LogP contribution in [0.5, 0.6) is 5.75 Å². The van der Waals surface area contributed by atoms with Gasteiger partial charge in [0.15, 0.2) is 16.1 Å². The minimum atomic E-state index is -0.129. The minimum Gasteiger partial charge on any atom is -0.485 e. The Morgan fingerprint density at radius 3 is 2.67 bits per heavy atom. The molecule has 0 saturated carbocycles. The fraction of sp³-hybridized carbons (Fsp3) is 0.238. The summed E-state index contributed by atoms with van der Waals surface area (Å²) in [6.45, 7) is 4.35. The molecule has 2 aromatic heterocycles. The highest BCUT2D eigenvalue weighted by Crippen LogP contribution is 2.26. The van der Waals surface area contributed by atoms with Gasteiger partial charge in [-0.05, 0) is 37.1 Å². The van der Waals surface area contributed by atoms with Gasteiger partial charge in [0.1, 0.15) is 12.4 Å². The van der Waals surface area contributed by atoms with Crippen molar-refractivity contribution in [1.29, 1.82) is 0 Å². The Kier molecular flexibility index (Phi) is 6.01. The van der Waals surface area contributed by atoms with Crippen molar-refractivity contribution in [2.45, 2.75) is 25.6 Å². The maximum atomic E-state index is 12.3. The summed E-state index contributed by atoms with van der Waals surface area (Å²) in [6, 6.07) is 13.8. The van der Waals surface area contributed by atoms with Gasteiger partial charge >= 0.3 is 0 Å². The number of anilines is 1. The van der Waals surface area contributed by atoms with Crippen molar-refractivity contribution >= 4 is 44.4 Å². The van der Waals surface area contributed by atoms with Crippen LogP contribution in [-0.2, 0) is 18.4 Å². The number of amides is 1. The number of thioether (sulfide) groups is 1. The summed E-state index contributed by atoms with van der Waals surface area (Å²) in [4.78, 5) is 16.7. The molecule has 0 atom stereocenters. The van der Waals surface area contributed by atoms with Crippen LogP contribution in [0.15, 0.2) is 47.6 Å². The molecule has 7 nitrogen and oxygen atoms in total. The number of benzene rings is 2. The van der Waals surface area contributed by atoms with Gasteiger partial charge in [-0.2, -0.15) is 0 Å². The number of rotatable bonds is 7. The SMILES string of the molecule is Cc1cccc(C)c1OCc1nnc(SCC(=O)Nc2nc3ccccc3s2)n1C. The Morgan fingerprint density at radius 2 is 1.90 bits per heavy atom. The standard InChI is InChI=1S/C21H21N5O2S2/c1-13-7-6-8-14(2)19(13)28-11-17-24-25-21(26(17)3)29-12-18(27)23-20-22-15-9-4-5-10-16(15)30-20/h4-10H,11-12H2,1-3H3,(H,22,23,27). The minimum absolute atomic E-state index is 0.129. The average molecular weight is 440 g/mol. The number of carbonyl (C=O) groups excluding carboxylic acids is 1. The number of aryl methyl sites for hydroxylation is 2. The highest BCUT2D eigenvalue weighted by Gasteiger charge is 2.14. The fourth-order valence-corrected chi connectivity index (χ4v) is 4.58. The number of nitrogens with one attached hydrogen (secondary N) is 1. The highest BCUT2D eigenvalue weighted by molar-refractivity contribution is 7.99. The van der Waals surface area contributed by atoms with E-state index in [1.54, 1.807) is 0 Å². The molecule has 2 heterocycles. The Balaban J connectivity index is 1.34. The summed E-state index contributed by atoms with van der Waals surface area (Å²) in [5, 5.41) is 12.5. The van der Waals surface area contributed by atoms with E-state index in [9.17, 15) is 4.79 Å². The van der Waals surface area contributed by atoms with Crippen molar-refractivity contribution in [2.75, 3.05) is 11.1 Å². The quantitative estimate of drug-likeness (QED) is 0.431. The summed E-state index contributed by atoms with van der Waals surface area (Å²) >= 11 is 2.79. The molecule has 9 heteroatoms. The summed E-state index contributed by atoms with van der Waals surface area (Å²) in [5.74, 6) is 1.66. The van der Waals surface area contributed by atoms with Crippen molar-refractivity contribution in [1.82, 2.24) is 19.7 Å². The maximum Gasteiger partial charge on any atom is 0.236 e. The largest absolute Gasteiger partial charge is 0.485 e. The van der Waals surface area contributed by atoms with E-state index in [1.165, 1.54) is 23.1 Å². The molecule has 0 aliphatic carbocycles. The van der Waals surface area contributed by atoms with Gasteiger partial charge in [-0.1, -0.05) is 53.4 Å². The Morgan fingerprint density at radius 1 is 1.13 bits per heavy atom. The molecule has 4 rings (SSSR count). The molecule has 30 heavy (non-hydrogen) atoms. The number of carbonyl (C=O) groups is 1. The first kappa shape index (κ1) is 20.4. The topological polar surface area (TPSA) is 81.9 Å². The highest BCUT2D eigenvalue weighted by atomic mass is 32.2. The van der Waals surface area contributed by atoms with Gasteiger partial charge in [0.05, 0.1) is 16.0 Å². The lowest BCUT2D eigenvalue weighted by Crippen LogP contribution is -2.14. The fourth-order valence-electron chi connectivity index (χ4n) is 2.97. The molecular weight excluding hydrogens is 418 g/mol. The number of hydrogen-bond donors (Lipinski definition) is 1. The van der Waals surface area contributed by atoms with Crippen molar-refractivity contribution in [3.8, 4) is 5.75 Å². The van der Waals surface area contributed by atoms with Crippen molar-refractivity contribution in [2.24, 2.45) is 7.05 Å². The molecule has 1 N–H and O–H groups in total. The van der Waals surface area contributed by atoms with Crippen LogP contribution in [0, 0.1) is 13.8 Å². The second-order valence-corrected chi connectivity index (χ2v) is 8.76. The van der Waals surface area contributed by atoms with Gasteiger partial charge in [-0.15, -0.1) is 10.2 Å². The number of nitrogens with zero attached hydrogens (tertiary/aromatic N) is 4. The van der Waals surface area contributed by atoms with Crippen LogP contribution in [0.4, 0.5) is 5.13 Å². The molecule has 2 aromatic carbocycles. The lowest BCUT2D eigenvalue weighted by Gasteiger charge is -2.11. The summed E-state index contributed by atoms with van der Waals surface area (Å²) in [7, 11) is 1.87. The smallest absolute Gasteiger partial charge is 0.236 e. The third-order valence-electron chi connectivity index (χ3n) is 4.55. The van der Waals surface area contributed by atoms with Gasteiger partial charge < -0.3 is 14.6 Å². The zero-order valence-corrected chi connectivity index (χ0v) is 18.5. The van der Waals surface area contributed by atoms with Crippen molar-refractivity contribution in [3.63, 3.8) is 0 Å². The zero-order chi connectivity index (χ0) is 21.1. The van der Waals surface area contributed by atoms with Crippen LogP contribution < -0.4 is 10.1 Å². The van der Waals surface area contributed by atoms with Crippen LogP contribution in [0.2, 0.25) is 0 Å². The lowest BCUT2D eigenvalue weighted by molar-refractivity contribution is -0.113. The van der Waals surface area contributed by atoms with Crippen molar-refractivity contribution < 1.29 is 9.53 Å². The van der Waals surface area contributed by atoms with Crippen LogP contribution in [-0.4, -0.2) is 31.4 Å². The average Bonchev–Trinajstić information content (AvgIpc) is 3.28. The predicted octanol–water partition coefficient (Wildman–Crippen LogP) is 4.35.